The number of alkyl halides is 1. The number of H-pyrrole nitrogens is 2. The molecule has 4 heterocycles. The second kappa shape index (κ2) is 42.5. The lowest BCUT2D eigenvalue weighted by atomic mass is 9.98. The van der Waals surface area contributed by atoms with E-state index in [2.05, 4.69) is 35.5 Å². The molecule has 2 aromatic heterocycles. The van der Waals surface area contributed by atoms with Crippen LogP contribution in [0.4, 0.5) is 19.7 Å². The predicted octanol–water partition coefficient (Wildman–Crippen LogP) is 15.6. The molecule has 30 nitrogen and oxygen atoms in total. The number of rotatable bonds is 24. The molecule has 1 amide bonds. The molecule has 9 aromatic carbocycles. The number of phenols is 4. The van der Waals surface area contributed by atoms with Gasteiger partial charge in [-0.3, -0.25) is 24.3 Å². The number of nitrogens with one attached hydrogen (secondary N) is 3. The summed E-state index contributed by atoms with van der Waals surface area (Å²) in [6, 6.07) is 44.5. The van der Waals surface area contributed by atoms with Crippen molar-refractivity contribution in [3.05, 3.63) is 244 Å². The second-order valence-electron chi connectivity index (χ2n) is 28.4. The van der Waals surface area contributed by atoms with Crippen molar-refractivity contribution in [3.63, 3.8) is 0 Å². The van der Waals surface area contributed by atoms with Crippen LogP contribution in [0.25, 0.3) is 58.5 Å². The minimum Gasteiger partial charge on any atom is -0.508 e. The lowest BCUT2D eigenvalue weighted by Crippen LogP contribution is -2.49. The fourth-order valence-electron chi connectivity index (χ4n) is 13.6. The summed E-state index contributed by atoms with van der Waals surface area (Å²) < 4.78 is 67.0. The normalized spacial score (nSPS) is 12.9. The predicted molar refractivity (Wildman–Crippen MR) is 461 cm³/mol. The van der Waals surface area contributed by atoms with Gasteiger partial charge in [-0.15, -0.1) is 0 Å². The van der Waals surface area contributed by atoms with Crippen molar-refractivity contribution in [2.75, 3.05) is 102 Å². The summed E-state index contributed by atoms with van der Waals surface area (Å²) in [5.41, 5.74) is 9.78. The van der Waals surface area contributed by atoms with E-state index in [9.17, 15) is 54.1 Å². The SMILES string of the molecule is C.CC(C)c1cc(-c2n[nH]c(=O)n2-c2ccc(CN3CCNCC3)cc2)c(O)cc1O.COc1ccc(/C=C\c2cc(C)c(OC)c(OC)c2)cc1OC(=O)N1CCN(Cc2ccc(-n3c(-c4cc(C(C)C)c(O)cc4O)n[nH]c3=O)cc2)CC1.COc1ccc(/C=C\c2cc(C)c(OC)c(OC)c2)cc1OC(=O)Oc1ccc([N+](=O)[O-])cc1.[2H]CF. The van der Waals surface area contributed by atoms with Crippen LogP contribution >= 0.6 is 0 Å². The number of hydrogen-bond donors (Lipinski definition) is 7. The molecule has 2 fully saturated rings. The van der Waals surface area contributed by atoms with Gasteiger partial charge in [-0.1, -0.05) is 95.8 Å². The number of carbonyl (C=O) groups is 2. The standard InChI is InChI=1S/C41H45N5O8.C25H23NO8.C22H27N5O3.CH3F.CH4/c1-25(2)31-22-32(34(48)23-33(31)47)39-42-43-40(49)46(39)30-12-9-28(10-13-30)24-44-15-17-45(18-16-44)41(50)54-36-20-27(11-14-35(36)51-4)7-8-29-19-26(3)38(53-6)37(21-29)52-5;1-16-13-18(15-23(31-3)24(16)32-4)6-5-17-7-12-21(30-2)22(14-17)34-25(27)33-20-10-8-19(9-11-20)26(28)29;1-14(2)17-11-18(20(29)12-19(17)28)21-24-25-22(30)27(21)16-5-3-15(4-6-16)13-26-9-7-23-8-10-26;1-2;/h7-14,19-23,25,47-48H,15-18,24H2,1-6H3,(H,43,49);5-15H,1-4H3;3-6,11-12,14,23,28-29H,7-10,13H2,1-2H3,(H,25,30);1H3;1H4/b8-7-;6-5-;;;/i;;;1D;. The molecule has 7 N–H and O–H groups in total. The molecular weight excluding hydrogens is 1560 g/mol. The van der Waals surface area contributed by atoms with Gasteiger partial charge in [-0.05, 0) is 178 Å². The van der Waals surface area contributed by atoms with E-state index in [1.54, 1.807) is 75.8 Å². The van der Waals surface area contributed by atoms with Crippen LogP contribution in [0.1, 0.15) is 104 Å². The van der Waals surface area contributed by atoms with Crippen molar-refractivity contribution >= 4 is 42.2 Å². The molecule has 0 spiro atoms. The van der Waals surface area contributed by atoms with E-state index in [0.717, 1.165) is 71.7 Å². The molecule has 0 aliphatic carbocycles. The van der Waals surface area contributed by atoms with Crippen LogP contribution < -0.4 is 59.3 Å². The van der Waals surface area contributed by atoms with Gasteiger partial charge in [0, 0.05) is 89.7 Å². The quantitative estimate of drug-likeness (QED) is 0.00971. The molecule has 2 aliphatic rings. The number of aromatic amines is 2. The number of phenolic OH excluding ortho intramolecular Hbond substituents is 4. The molecule has 11 aromatic rings. The third-order valence-corrected chi connectivity index (χ3v) is 19.7. The summed E-state index contributed by atoms with van der Waals surface area (Å²) in [5, 5.41) is 68.8. The molecular formula is C90H102FN11O19. The van der Waals surface area contributed by atoms with Crippen molar-refractivity contribution in [3.8, 4) is 109 Å². The minimum absolute atomic E-state index is 0. The van der Waals surface area contributed by atoms with Crippen LogP contribution in [0, 0.1) is 24.0 Å². The Morgan fingerprint density at radius 1 is 0.504 bits per heavy atom. The number of aromatic hydroxyl groups is 4. The van der Waals surface area contributed by atoms with Gasteiger partial charge in [0.25, 0.3) is 5.69 Å². The number of hydrogen-bond acceptors (Lipinski definition) is 24. The zero-order valence-electron chi connectivity index (χ0n) is 69.6. The monoisotopic (exact) mass is 1660 g/mol. The van der Waals surface area contributed by atoms with Gasteiger partial charge in [0.1, 0.15) is 28.7 Å². The van der Waals surface area contributed by atoms with Crippen LogP contribution in [-0.2, 0) is 13.1 Å². The van der Waals surface area contributed by atoms with Gasteiger partial charge in [0.05, 0.1) is 78.6 Å². The summed E-state index contributed by atoms with van der Waals surface area (Å²) in [5.74, 6) is 4.27. The maximum atomic E-state index is 13.3. The first-order chi connectivity index (χ1) is 58.2. The number of non-ortho nitro benzene ring substituents is 1. The fraction of sp³-hybridized carbons (Fsp3) is 0.289. The van der Waals surface area contributed by atoms with Crippen LogP contribution in [0.3, 0.4) is 0 Å². The molecule has 0 unspecified atom stereocenters. The van der Waals surface area contributed by atoms with Crippen molar-refractivity contribution in [2.24, 2.45) is 0 Å². The van der Waals surface area contributed by atoms with Crippen LogP contribution in [-0.4, -0.2) is 184 Å². The van der Waals surface area contributed by atoms with E-state index >= 15 is 0 Å². The first-order valence-corrected chi connectivity index (χ1v) is 38.1. The second-order valence-corrected chi connectivity index (χ2v) is 28.4. The zero-order chi connectivity index (χ0) is 87.1. The third kappa shape index (κ3) is 22.9. The van der Waals surface area contributed by atoms with Gasteiger partial charge < -0.3 is 73.3 Å². The molecule has 0 radical (unpaired) electrons. The lowest BCUT2D eigenvalue weighted by Gasteiger charge is -2.34. The van der Waals surface area contributed by atoms with E-state index in [1.807, 2.05) is 145 Å². The number of carbonyl (C=O) groups excluding carboxylic acids is 2. The van der Waals surface area contributed by atoms with E-state index in [0.29, 0.717) is 112 Å². The maximum Gasteiger partial charge on any atom is 0.519 e. The number of halogens is 1. The van der Waals surface area contributed by atoms with Gasteiger partial charge >= 0.3 is 23.6 Å². The highest BCUT2D eigenvalue weighted by Gasteiger charge is 2.27. The first kappa shape index (κ1) is 89.4. The molecule has 2 aliphatic heterocycles. The van der Waals surface area contributed by atoms with Crippen molar-refractivity contribution in [1.82, 2.24) is 49.5 Å². The van der Waals surface area contributed by atoms with Gasteiger partial charge in [0.2, 0.25) is 0 Å². The number of benzene rings is 9. The summed E-state index contributed by atoms with van der Waals surface area (Å²) in [6.45, 7) is 19.5. The molecule has 121 heavy (non-hydrogen) atoms. The van der Waals surface area contributed by atoms with Crippen molar-refractivity contribution in [2.45, 2.75) is 73.9 Å². The summed E-state index contributed by atoms with van der Waals surface area (Å²) in [7, 11) is 8.37. The summed E-state index contributed by atoms with van der Waals surface area (Å²) in [4.78, 5) is 67.4. The number of nitrogens with zero attached hydrogens (tertiary/aromatic N) is 8. The maximum absolute atomic E-state index is 13.3. The van der Waals surface area contributed by atoms with Crippen LogP contribution in [0.5, 0.6) is 74.7 Å². The van der Waals surface area contributed by atoms with E-state index in [-0.39, 0.29) is 65.3 Å². The Balaban J connectivity index is 0.000000215. The lowest BCUT2D eigenvalue weighted by molar-refractivity contribution is -0.384. The Morgan fingerprint density at radius 3 is 1.30 bits per heavy atom. The zero-order valence-corrected chi connectivity index (χ0v) is 68.6. The van der Waals surface area contributed by atoms with Crippen molar-refractivity contribution < 1.29 is 83.3 Å². The Bertz CT molecular complexity index is 5600. The topological polar surface area (TPSA) is 364 Å². The summed E-state index contributed by atoms with van der Waals surface area (Å²) >= 11 is 0. The van der Waals surface area contributed by atoms with Crippen molar-refractivity contribution in [1.29, 1.82) is 0 Å². The smallest absolute Gasteiger partial charge is 0.508 e. The number of methoxy groups -OCH3 is 6. The van der Waals surface area contributed by atoms with E-state index in [4.69, 9.17) is 44.0 Å². The number of piperazine rings is 2. The molecule has 2 saturated heterocycles. The molecule has 13 rings (SSSR count). The third-order valence-electron chi connectivity index (χ3n) is 19.7. The number of aromatic nitrogens is 6. The Morgan fingerprint density at radius 2 is 0.901 bits per heavy atom. The number of nitro benzene ring substituents is 1. The first-order valence-electron chi connectivity index (χ1n) is 38.8. The Hall–Kier alpha value is -13.9. The number of nitro groups is 1. The number of amides is 1. The summed E-state index contributed by atoms with van der Waals surface area (Å²) in [6.07, 6.45) is 6.15. The average Bonchev–Trinajstić information content (AvgIpc) is 1.59. The Labute approximate surface area is 701 Å². The average molecular weight is 1660 g/mol. The number of ether oxygens (including phenoxy) is 9. The highest BCUT2D eigenvalue weighted by atomic mass is 19.1. The Kier molecular flexibility index (Phi) is 31.4. The fourth-order valence-corrected chi connectivity index (χ4v) is 13.6. The highest BCUT2D eigenvalue weighted by Crippen LogP contribution is 2.41. The highest BCUT2D eigenvalue weighted by molar-refractivity contribution is 5.78. The van der Waals surface area contributed by atoms with Crippen LogP contribution in [0.15, 0.2) is 167 Å². The van der Waals surface area contributed by atoms with E-state index < -0.39 is 35.7 Å². The molecule has 638 valence electrons. The molecule has 0 atom stereocenters. The van der Waals surface area contributed by atoms with Crippen LogP contribution in [0.2, 0.25) is 0 Å². The number of aryl methyl sites for hydroxylation is 2. The van der Waals surface area contributed by atoms with E-state index in [1.165, 1.54) is 65.3 Å². The molecule has 31 heteroatoms. The minimum atomic E-state index is -1.01. The molecule has 0 saturated carbocycles. The van der Waals surface area contributed by atoms with Gasteiger partial charge in [-0.25, -0.2) is 38.5 Å². The molecule has 0 bridgehead atoms. The van der Waals surface area contributed by atoms with Gasteiger partial charge in [-0.2, -0.15) is 10.2 Å². The van der Waals surface area contributed by atoms with Gasteiger partial charge in [0.15, 0.2) is 57.6 Å². The largest absolute Gasteiger partial charge is 0.519 e.